The first-order valence-electron chi connectivity index (χ1n) is 9.64. The van der Waals surface area contributed by atoms with Crippen LogP contribution in [0.3, 0.4) is 0 Å². The minimum absolute atomic E-state index is 0. The SMILES string of the molecule is C=CCCCN(C)C(=NCC(c1ccc(C)s1)N1CCOCC1)NCC.I. The van der Waals surface area contributed by atoms with Crippen LogP contribution in [0.2, 0.25) is 0 Å². The lowest BCUT2D eigenvalue weighted by atomic mass is 10.2. The van der Waals surface area contributed by atoms with Crippen molar-refractivity contribution in [1.82, 2.24) is 15.1 Å². The van der Waals surface area contributed by atoms with Crippen LogP contribution < -0.4 is 5.32 Å². The van der Waals surface area contributed by atoms with Crippen molar-refractivity contribution in [2.45, 2.75) is 32.7 Å². The van der Waals surface area contributed by atoms with Crippen LogP contribution in [0.25, 0.3) is 0 Å². The van der Waals surface area contributed by atoms with Crippen molar-refractivity contribution in [1.29, 1.82) is 0 Å². The van der Waals surface area contributed by atoms with Crippen molar-refractivity contribution in [2.75, 3.05) is 53.0 Å². The van der Waals surface area contributed by atoms with Gasteiger partial charge in [0.15, 0.2) is 5.96 Å². The van der Waals surface area contributed by atoms with Gasteiger partial charge in [-0.25, -0.2) is 0 Å². The molecule has 2 rings (SSSR count). The van der Waals surface area contributed by atoms with Crippen LogP contribution in [-0.4, -0.2) is 68.7 Å². The maximum atomic E-state index is 5.55. The lowest BCUT2D eigenvalue weighted by molar-refractivity contribution is 0.0186. The fourth-order valence-electron chi connectivity index (χ4n) is 3.13. The van der Waals surface area contributed by atoms with E-state index in [1.807, 2.05) is 17.4 Å². The minimum atomic E-state index is 0. The first-order valence-corrected chi connectivity index (χ1v) is 10.5. The quantitative estimate of drug-likeness (QED) is 0.181. The summed E-state index contributed by atoms with van der Waals surface area (Å²) in [5.41, 5.74) is 0. The van der Waals surface area contributed by atoms with Gasteiger partial charge in [0.25, 0.3) is 0 Å². The van der Waals surface area contributed by atoms with Crippen molar-refractivity contribution >= 4 is 41.3 Å². The van der Waals surface area contributed by atoms with Crippen LogP contribution in [0, 0.1) is 6.92 Å². The van der Waals surface area contributed by atoms with E-state index in [-0.39, 0.29) is 24.0 Å². The number of aryl methyl sites for hydroxylation is 1. The fourth-order valence-corrected chi connectivity index (χ4v) is 4.13. The predicted molar refractivity (Wildman–Crippen MR) is 128 cm³/mol. The second-order valence-corrected chi connectivity index (χ2v) is 7.98. The Balaban J connectivity index is 0.00000364. The van der Waals surface area contributed by atoms with Gasteiger partial charge in [-0.3, -0.25) is 9.89 Å². The molecule has 1 aliphatic heterocycles. The summed E-state index contributed by atoms with van der Waals surface area (Å²) in [7, 11) is 2.11. The van der Waals surface area contributed by atoms with E-state index in [9.17, 15) is 0 Å². The molecule has 0 bridgehead atoms. The molecule has 0 amide bonds. The smallest absolute Gasteiger partial charge is 0.193 e. The second kappa shape index (κ2) is 13.5. The largest absolute Gasteiger partial charge is 0.379 e. The van der Waals surface area contributed by atoms with Gasteiger partial charge in [0.2, 0.25) is 0 Å². The molecule has 154 valence electrons. The monoisotopic (exact) mass is 506 g/mol. The molecule has 0 aromatic carbocycles. The lowest BCUT2D eigenvalue weighted by Crippen LogP contribution is -2.42. The zero-order valence-electron chi connectivity index (χ0n) is 16.9. The van der Waals surface area contributed by atoms with Crippen LogP contribution in [0.15, 0.2) is 29.8 Å². The molecule has 1 aromatic heterocycles. The zero-order chi connectivity index (χ0) is 18.8. The number of aliphatic imine (C=N–C) groups is 1. The summed E-state index contributed by atoms with van der Waals surface area (Å²) in [6.07, 6.45) is 4.11. The highest BCUT2D eigenvalue weighted by Gasteiger charge is 2.24. The van der Waals surface area contributed by atoms with Crippen molar-refractivity contribution in [3.8, 4) is 0 Å². The summed E-state index contributed by atoms with van der Waals surface area (Å²) in [6.45, 7) is 14.3. The summed E-state index contributed by atoms with van der Waals surface area (Å²) in [5.74, 6) is 0.989. The number of unbranched alkanes of at least 4 members (excludes halogenated alkanes) is 1. The Morgan fingerprint density at radius 3 is 2.78 bits per heavy atom. The van der Waals surface area contributed by atoms with E-state index in [0.717, 1.165) is 64.7 Å². The van der Waals surface area contributed by atoms with Gasteiger partial charge in [0.05, 0.1) is 25.8 Å². The van der Waals surface area contributed by atoms with Crippen LogP contribution in [0.1, 0.15) is 35.6 Å². The molecule has 1 aromatic rings. The minimum Gasteiger partial charge on any atom is -0.379 e. The Morgan fingerprint density at radius 1 is 1.44 bits per heavy atom. The van der Waals surface area contributed by atoms with Gasteiger partial charge in [0, 0.05) is 43.0 Å². The average molecular weight is 506 g/mol. The number of nitrogens with one attached hydrogen (secondary N) is 1. The molecule has 0 saturated carbocycles. The zero-order valence-corrected chi connectivity index (χ0v) is 20.1. The molecule has 1 aliphatic rings. The molecule has 1 unspecified atom stereocenters. The lowest BCUT2D eigenvalue weighted by Gasteiger charge is -2.33. The van der Waals surface area contributed by atoms with E-state index in [1.54, 1.807) is 0 Å². The molecule has 1 fully saturated rings. The van der Waals surface area contributed by atoms with Crippen LogP contribution in [0.4, 0.5) is 0 Å². The molecule has 0 aliphatic carbocycles. The maximum absolute atomic E-state index is 5.55. The Morgan fingerprint density at radius 2 is 2.19 bits per heavy atom. The highest BCUT2D eigenvalue weighted by atomic mass is 127. The van der Waals surface area contributed by atoms with Gasteiger partial charge in [-0.2, -0.15) is 0 Å². The summed E-state index contributed by atoms with van der Waals surface area (Å²) in [4.78, 5) is 12.5. The molecule has 5 nitrogen and oxygen atoms in total. The highest BCUT2D eigenvalue weighted by molar-refractivity contribution is 14.0. The van der Waals surface area contributed by atoms with Crippen LogP contribution >= 0.6 is 35.3 Å². The maximum Gasteiger partial charge on any atom is 0.193 e. The third-order valence-corrected chi connectivity index (χ3v) is 5.69. The summed E-state index contributed by atoms with van der Waals surface area (Å²) >= 11 is 1.88. The van der Waals surface area contributed by atoms with E-state index >= 15 is 0 Å². The van der Waals surface area contributed by atoms with E-state index in [0.29, 0.717) is 6.04 Å². The first kappa shape index (κ1) is 24.4. The third-order valence-electron chi connectivity index (χ3n) is 4.59. The Hall–Kier alpha value is -0.640. The van der Waals surface area contributed by atoms with E-state index in [2.05, 4.69) is 54.7 Å². The number of nitrogens with zero attached hydrogens (tertiary/aromatic N) is 3. The highest BCUT2D eigenvalue weighted by Crippen LogP contribution is 2.28. The average Bonchev–Trinajstić information content (AvgIpc) is 3.08. The third kappa shape index (κ3) is 8.09. The number of allylic oxidation sites excluding steroid dienone is 1. The van der Waals surface area contributed by atoms with Crippen molar-refractivity contribution < 1.29 is 4.74 Å². The van der Waals surface area contributed by atoms with Gasteiger partial charge in [-0.15, -0.1) is 41.9 Å². The van der Waals surface area contributed by atoms with E-state index < -0.39 is 0 Å². The number of guanidine groups is 1. The molecule has 1 atom stereocenters. The first-order chi connectivity index (χ1) is 12.7. The molecule has 27 heavy (non-hydrogen) atoms. The van der Waals surface area contributed by atoms with Crippen LogP contribution in [-0.2, 0) is 4.74 Å². The number of hydrogen-bond acceptors (Lipinski definition) is 4. The summed E-state index contributed by atoms with van der Waals surface area (Å²) < 4.78 is 5.55. The number of morpholine rings is 1. The van der Waals surface area contributed by atoms with Crippen LogP contribution in [0.5, 0.6) is 0 Å². The number of ether oxygens (including phenoxy) is 1. The van der Waals surface area contributed by atoms with Gasteiger partial charge in [-0.05, 0) is 38.8 Å². The Bertz CT molecular complexity index is 572. The summed E-state index contributed by atoms with van der Waals surface area (Å²) in [6, 6.07) is 4.80. The fraction of sp³-hybridized carbons (Fsp3) is 0.650. The molecule has 1 N–H and O–H groups in total. The molecule has 0 spiro atoms. The number of rotatable bonds is 9. The van der Waals surface area contributed by atoms with E-state index in [1.165, 1.54) is 9.75 Å². The standard InChI is InChI=1S/C20H34N4OS.HI/c1-5-7-8-11-23(4)20(21-6-2)22-16-18(19-10-9-17(3)26-19)24-12-14-25-15-13-24;/h5,9-10,18H,1,6-8,11-16H2,2-4H3,(H,21,22);1H. The molecular formula is C20H35IN4OS. The van der Waals surface area contributed by atoms with Gasteiger partial charge in [0.1, 0.15) is 0 Å². The van der Waals surface area contributed by atoms with Crippen molar-refractivity contribution in [3.05, 3.63) is 34.5 Å². The van der Waals surface area contributed by atoms with Gasteiger partial charge >= 0.3 is 0 Å². The van der Waals surface area contributed by atoms with Crippen molar-refractivity contribution in [2.24, 2.45) is 4.99 Å². The summed E-state index contributed by atoms with van der Waals surface area (Å²) in [5, 5.41) is 3.43. The topological polar surface area (TPSA) is 40.1 Å². The molecule has 0 radical (unpaired) electrons. The molecule has 1 saturated heterocycles. The van der Waals surface area contributed by atoms with Crippen molar-refractivity contribution in [3.63, 3.8) is 0 Å². The molecule has 2 heterocycles. The molecule has 7 heteroatoms. The number of halogens is 1. The predicted octanol–water partition coefficient (Wildman–Crippen LogP) is 3.91. The Labute approximate surface area is 185 Å². The van der Waals surface area contributed by atoms with Gasteiger partial charge < -0.3 is 15.0 Å². The van der Waals surface area contributed by atoms with Gasteiger partial charge in [-0.1, -0.05) is 6.08 Å². The molecular weight excluding hydrogens is 471 g/mol. The Kier molecular flexibility index (Phi) is 12.2. The second-order valence-electron chi connectivity index (χ2n) is 6.66. The number of thiophene rings is 1. The normalized spacial score (nSPS) is 16.5. The van der Waals surface area contributed by atoms with E-state index in [4.69, 9.17) is 9.73 Å². The number of hydrogen-bond donors (Lipinski definition) is 1.